The molecule has 1 N–H and O–H groups in total. The number of piperidine rings is 1. The molecule has 1 saturated heterocycles. The van der Waals surface area contributed by atoms with Gasteiger partial charge >= 0.3 is 5.97 Å². The van der Waals surface area contributed by atoms with Gasteiger partial charge in [-0.3, -0.25) is 4.98 Å². The Bertz CT molecular complexity index is 981. The van der Waals surface area contributed by atoms with Crippen molar-refractivity contribution < 1.29 is 9.53 Å². The molecule has 3 aromatic rings. The van der Waals surface area contributed by atoms with Gasteiger partial charge in [-0.15, -0.1) is 11.3 Å². The molecule has 0 spiro atoms. The number of imidazole rings is 1. The third-order valence-corrected chi connectivity index (χ3v) is 6.62. The maximum Gasteiger partial charge on any atom is 0.337 e. The Balaban J connectivity index is 1.54. The molecule has 1 saturated carbocycles. The van der Waals surface area contributed by atoms with Crippen LogP contribution in [0.3, 0.4) is 0 Å². The quantitative estimate of drug-likeness (QED) is 0.687. The number of aromatic nitrogens is 3. The van der Waals surface area contributed by atoms with Crippen molar-refractivity contribution >= 4 is 28.3 Å². The number of carbonyl (C=O) groups excluding carboxylic acids is 1. The van der Waals surface area contributed by atoms with Crippen LogP contribution < -0.4 is 5.32 Å². The van der Waals surface area contributed by atoms with Crippen molar-refractivity contribution in [1.82, 2.24) is 19.9 Å². The number of nitrogens with zero attached hydrogens (tertiary/aromatic N) is 3. The average molecular weight is 382 g/mol. The number of benzene rings is 1. The van der Waals surface area contributed by atoms with E-state index in [1.165, 1.54) is 24.8 Å². The molecule has 0 bridgehead atoms. The molecule has 140 valence electrons. The fourth-order valence-electron chi connectivity index (χ4n) is 4.35. The van der Waals surface area contributed by atoms with E-state index >= 15 is 0 Å². The van der Waals surface area contributed by atoms with Gasteiger partial charge in [0.05, 0.1) is 35.8 Å². The molecular weight excluding hydrogens is 360 g/mol. The number of ether oxygens (including phenoxy) is 1. The van der Waals surface area contributed by atoms with E-state index in [4.69, 9.17) is 9.72 Å². The summed E-state index contributed by atoms with van der Waals surface area (Å²) in [6.45, 7) is 1.84. The fourth-order valence-corrected chi connectivity index (χ4v) is 4.93. The Kier molecular flexibility index (Phi) is 4.21. The lowest BCUT2D eigenvalue weighted by molar-refractivity contribution is 0.0601. The monoisotopic (exact) mass is 382 g/mol. The van der Waals surface area contributed by atoms with Crippen molar-refractivity contribution in [2.45, 2.75) is 31.8 Å². The third kappa shape index (κ3) is 3.15. The van der Waals surface area contributed by atoms with Crippen LogP contribution in [0.5, 0.6) is 0 Å². The van der Waals surface area contributed by atoms with E-state index in [1.54, 1.807) is 17.4 Å². The van der Waals surface area contributed by atoms with Crippen molar-refractivity contribution in [3.05, 3.63) is 46.2 Å². The predicted molar refractivity (Wildman–Crippen MR) is 104 cm³/mol. The lowest BCUT2D eigenvalue weighted by Gasteiger charge is -2.22. The summed E-state index contributed by atoms with van der Waals surface area (Å²) < 4.78 is 7.15. The molecular formula is C20H22N4O2S. The van der Waals surface area contributed by atoms with Crippen molar-refractivity contribution in [3.63, 3.8) is 0 Å². The van der Waals surface area contributed by atoms with Gasteiger partial charge in [0, 0.05) is 23.5 Å². The molecule has 1 aliphatic heterocycles. The molecule has 2 aliphatic rings. The molecule has 3 unspecified atom stereocenters. The number of hydrogen-bond acceptors (Lipinski definition) is 6. The van der Waals surface area contributed by atoms with Gasteiger partial charge in [-0.2, -0.15) is 0 Å². The summed E-state index contributed by atoms with van der Waals surface area (Å²) in [5, 5.41) is 3.59. The topological polar surface area (TPSA) is 69.0 Å². The van der Waals surface area contributed by atoms with Crippen LogP contribution in [0, 0.1) is 11.8 Å². The smallest absolute Gasteiger partial charge is 0.337 e. The second kappa shape index (κ2) is 6.73. The summed E-state index contributed by atoms with van der Waals surface area (Å²) in [5.74, 6) is 2.27. The van der Waals surface area contributed by atoms with E-state index in [1.807, 2.05) is 23.8 Å². The molecule has 2 aromatic heterocycles. The summed E-state index contributed by atoms with van der Waals surface area (Å²) in [7, 11) is 1.41. The van der Waals surface area contributed by atoms with Crippen LogP contribution in [0.2, 0.25) is 0 Å². The Hall–Kier alpha value is -2.25. The first-order valence-electron chi connectivity index (χ1n) is 9.41. The van der Waals surface area contributed by atoms with Crippen LogP contribution >= 0.6 is 11.3 Å². The number of hydrogen-bond donors (Lipinski definition) is 1. The second-order valence-electron chi connectivity index (χ2n) is 7.49. The van der Waals surface area contributed by atoms with Gasteiger partial charge in [-0.05, 0) is 49.4 Å². The van der Waals surface area contributed by atoms with Crippen LogP contribution in [0.25, 0.3) is 11.0 Å². The Morgan fingerprint density at radius 3 is 3.19 bits per heavy atom. The highest BCUT2D eigenvalue weighted by molar-refractivity contribution is 7.09. The zero-order chi connectivity index (χ0) is 18.4. The minimum absolute atomic E-state index is 0.317. The van der Waals surface area contributed by atoms with Gasteiger partial charge in [0.25, 0.3) is 0 Å². The van der Waals surface area contributed by atoms with Gasteiger partial charge in [0.2, 0.25) is 0 Å². The number of esters is 1. The summed E-state index contributed by atoms with van der Waals surface area (Å²) in [4.78, 5) is 22.3. The van der Waals surface area contributed by atoms with Crippen molar-refractivity contribution in [3.8, 4) is 0 Å². The van der Waals surface area contributed by atoms with E-state index in [9.17, 15) is 4.79 Å². The first-order valence-corrected chi connectivity index (χ1v) is 10.3. The maximum absolute atomic E-state index is 12.0. The van der Waals surface area contributed by atoms with Crippen LogP contribution in [0.1, 0.15) is 33.9 Å². The minimum Gasteiger partial charge on any atom is -0.465 e. The third-order valence-electron chi connectivity index (χ3n) is 5.86. The second-order valence-corrected chi connectivity index (χ2v) is 8.46. The Morgan fingerprint density at radius 2 is 2.37 bits per heavy atom. The van der Waals surface area contributed by atoms with Crippen LogP contribution in [-0.4, -0.2) is 40.2 Å². The van der Waals surface area contributed by atoms with Crippen LogP contribution in [0.15, 0.2) is 29.9 Å². The van der Waals surface area contributed by atoms with Gasteiger partial charge < -0.3 is 14.6 Å². The fraction of sp³-hybridized carbons (Fsp3) is 0.450. The number of nitrogens with one attached hydrogen (secondary N) is 1. The van der Waals surface area contributed by atoms with Gasteiger partial charge in [0.1, 0.15) is 5.82 Å². The van der Waals surface area contributed by atoms with E-state index in [0.29, 0.717) is 17.5 Å². The highest BCUT2D eigenvalue weighted by Gasteiger charge is 2.45. The number of rotatable bonds is 5. The first-order chi connectivity index (χ1) is 13.2. The molecule has 2 fully saturated rings. The molecule has 7 heteroatoms. The average Bonchev–Trinajstić information content (AvgIpc) is 3.18. The standard InChI is InChI=1S/C20H22N4O2S/c1-26-20(25)13-2-3-16-18(6-13)24(10-14-9-21-11-27-14)19(23-16)7-12-4-5-22-17-8-15(12)17/h2-3,6,9,11-12,15,17,22H,4-5,7-8,10H2,1H3. The highest BCUT2D eigenvalue weighted by Crippen LogP contribution is 2.43. The summed E-state index contributed by atoms with van der Waals surface area (Å²) >= 11 is 1.65. The Labute approximate surface area is 161 Å². The number of fused-ring (bicyclic) bond motifs is 2. The lowest BCUT2D eigenvalue weighted by Crippen LogP contribution is -2.31. The van der Waals surface area contributed by atoms with Crippen molar-refractivity contribution in [2.75, 3.05) is 13.7 Å². The van der Waals surface area contributed by atoms with E-state index in [0.717, 1.165) is 42.3 Å². The molecule has 0 amide bonds. The molecule has 27 heavy (non-hydrogen) atoms. The normalized spacial score (nSPS) is 24.0. The maximum atomic E-state index is 12.0. The predicted octanol–water partition coefficient (Wildman–Crippen LogP) is 2.87. The van der Waals surface area contributed by atoms with Crippen LogP contribution in [0.4, 0.5) is 0 Å². The highest BCUT2D eigenvalue weighted by atomic mass is 32.1. The summed E-state index contributed by atoms with van der Waals surface area (Å²) in [5.41, 5.74) is 4.34. The van der Waals surface area contributed by atoms with E-state index in [-0.39, 0.29) is 5.97 Å². The zero-order valence-electron chi connectivity index (χ0n) is 15.2. The largest absolute Gasteiger partial charge is 0.465 e. The van der Waals surface area contributed by atoms with Gasteiger partial charge in [0.15, 0.2) is 0 Å². The lowest BCUT2D eigenvalue weighted by atomic mass is 9.93. The summed E-state index contributed by atoms with van der Waals surface area (Å²) in [6.07, 6.45) is 5.40. The molecule has 3 heterocycles. The molecule has 3 atom stereocenters. The molecule has 1 aromatic carbocycles. The first kappa shape index (κ1) is 16.9. The molecule has 6 nitrogen and oxygen atoms in total. The SMILES string of the molecule is COC(=O)c1ccc2nc(CC3CCNC4CC34)n(Cc3cncs3)c2c1. The van der Waals surface area contributed by atoms with Crippen molar-refractivity contribution in [1.29, 1.82) is 0 Å². The molecule has 0 radical (unpaired) electrons. The van der Waals surface area contributed by atoms with Gasteiger partial charge in [-0.25, -0.2) is 9.78 Å². The van der Waals surface area contributed by atoms with Crippen molar-refractivity contribution in [2.24, 2.45) is 11.8 Å². The molecule has 1 aliphatic carbocycles. The summed E-state index contributed by atoms with van der Waals surface area (Å²) in [6, 6.07) is 6.34. The minimum atomic E-state index is -0.317. The van der Waals surface area contributed by atoms with Gasteiger partial charge in [-0.1, -0.05) is 0 Å². The number of carbonyl (C=O) groups is 1. The number of methoxy groups -OCH3 is 1. The Morgan fingerprint density at radius 1 is 1.44 bits per heavy atom. The molecule has 5 rings (SSSR count). The zero-order valence-corrected chi connectivity index (χ0v) is 16.0. The van der Waals surface area contributed by atoms with Crippen LogP contribution in [-0.2, 0) is 17.7 Å². The van der Waals surface area contributed by atoms with E-state index < -0.39 is 0 Å². The number of thiazole rings is 1. The van der Waals surface area contributed by atoms with E-state index in [2.05, 4.69) is 14.9 Å².